The van der Waals surface area contributed by atoms with Crippen LogP contribution >= 0.6 is 0 Å². The van der Waals surface area contributed by atoms with E-state index in [0.717, 1.165) is 23.3 Å². The van der Waals surface area contributed by atoms with E-state index in [1.165, 1.54) is 23.2 Å². The van der Waals surface area contributed by atoms with Crippen LogP contribution in [0, 0.1) is 6.92 Å². The van der Waals surface area contributed by atoms with Gasteiger partial charge >= 0.3 is 18.4 Å². The van der Waals surface area contributed by atoms with Gasteiger partial charge in [0.2, 0.25) is 5.76 Å². The van der Waals surface area contributed by atoms with Gasteiger partial charge in [-0.05, 0) is 30.2 Å². The van der Waals surface area contributed by atoms with Crippen molar-refractivity contribution in [2.24, 2.45) is 4.99 Å². The first-order valence-corrected chi connectivity index (χ1v) is 9.93. The molecular weight excluding hydrogens is 441 g/mol. The highest BCUT2D eigenvalue weighted by Crippen LogP contribution is 2.26. The molecule has 0 bridgehead atoms. The van der Waals surface area contributed by atoms with E-state index in [2.05, 4.69) is 15.0 Å². The molecule has 2 aromatic carbocycles. The van der Waals surface area contributed by atoms with Gasteiger partial charge < -0.3 is 19.7 Å². The summed E-state index contributed by atoms with van der Waals surface area (Å²) in [5.41, 5.74) is 2.14. The van der Waals surface area contributed by atoms with Gasteiger partial charge in [-0.15, -0.1) is 18.2 Å². The fraction of sp³-hybridized carbons (Fsp3) is 0.227. The molecule has 172 valence electrons. The monoisotopic (exact) mass is 460 g/mol. The second-order valence-electron chi connectivity index (χ2n) is 7.34. The van der Waals surface area contributed by atoms with Crippen LogP contribution in [0.5, 0.6) is 5.75 Å². The Morgan fingerprint density at radius 3 is 2.73 bits per heavy atom. The Morgan fingerprint density at radius 2 is 1.97 bits per heavy atom. The molecule has 0 aliphatic carbocycles. The van der Waals surface area contributed by atoms with E-state index in [1.807, 2.05) is 31.2 Å². The van der Waals surface area contributed by atoms with Crippen LogP contribution in [0.4, 0.5) is 23.7 Å². The van der Waals surface area contributed by atoms with Crippen LogP contribution < -0.4 is 10.1 Å². The molecule has 0 fully saturated rings. The maximum atomic E-state index is 12.6. The van der Waals surface area contributed by atoms with Gasteiger partial charge in [0, 0.05) is 31.4 Å². The number of urea groups is 1. The van der Waals surface area contributed by atoms with Gasteiger partial charge in [0.15, 0.2) is 0 Å². The zero-order chi connectivity index (χ0) is 23.6. The molecule has 0 aromatic heterocycles. The topological polar surface area (TPSA) is 83.5 Å². The standard InChI is InChI=1S/C22H19F3N4O4/c1-14-5-2-3-6-15(14)12-28-9-10-29-13-18(32-21(29)27-20(28)31)19(30)26-16-7-4-8-17(11-16)33-22(23,24)25/h2-8,11,13H,9-10,12H2,1H3,(H,26,30). The number of aliphatic imine (C=N–C) groups is 1. The second-order valence-corrected chi connectivity index (χ2v) is 7.34. The average Bonchev–Trinajstić information content (AvgIpc) is 3.08. The minimum atomic E-state index is -4.85. The lowest BCUT2D eigenvalue weighted by atomic mass is 10.1. The van der Waals surface area contributed by atoms with E-state index in [9.17, 15) is 22.8 Å². The molecule has 1 N–H and O–H groups in total. The molecule has 2 heterocycles. The Morgan fingerprint density at radius 1 is 1.18 bits per heavy atom. The Balaban J connectivity index is 1.40. The predicted molar refractivity (Wildman–Crippen MR) is 112 cm³/mol. The van der Waals surface area contributed by atoms with E-state index in [0.29, 0.717) is 19.6 Å². The number of anilines is 1. The number of fused-ring (bicyclic) bond motifs is 1. The number of hydrogen-bond acceptors (Lipinski definition) is 5. The lowest BCUT2D eigenvalue weighted by Gasteiger charge is -2.20. The SMILES string of the molecule is Cc1ccccc1CN1CCN2C=C(C(=O)Nc3cccc(OC(F)(F)F)c3)OC2=NC1=O. The van der Waals surface area contributed by atoms with Crippen molar-refractivity contribution in [1.82, 2.24) is 9.80 Å². The third-order valence-electron chi connectivity index (χ3n) is 4.96. The van der Waals surface area contributed by atoms with Gasteiger partial charge in [-0.1, -0.05) is 30.3 Å². The molecule has 4 rings (SSSR count). The van der Waals surface area contributed by atoms with Crippen LogP contribution in [-0.2, 0) is 16.1 Å². The van der Waals surface area contributed by atoms with Crippen molar-refractivity contribution in [1.29, 1.82) is 0 Å². The van der Waals surface area contributed by atoms with E-state index in [4.69, 9.17) is 4.74 Å². The number of nitrogens with zero attached hydrogens (tertiary/aromatic N) is 3. The highest BCUT2D eigenvalue weighted by Gasteiger charge is 2.33. The minimum Gasteiger partial charge on any atom is -0.418 e. The number of carbonyl (C=O) groups excluding carboxylic acids is 2. The van der Waals surface area contributed by atoms with Crippen molar-refractivity contribution >= 4 is 23.6 Å². The predicted octanol–water partition coefficient (Wildman–Crippen LogP) is 4.00. The highest BCUT2D eigenvalue weighted by molar-refractivity contribution is 6.06. The maximum Gasteiger partial charge on any atom is 0.573 e. The van der Waals surface area contributed by atoms with Crippen LogP contribution in [0.2, 0.25) is 0 Å². The third kappa shape index (κ3) is 5.43. The minimum absolute atomic E-state index is 0.0356. The molecule has 0 spiro atoms. The summed E-state index contributed by atoms with van der Waals surface area (Å²) < 4.78 is 46.5. The molecule has 0 unspecified atom stereocenters. The summed E-state index contributed by atoms with van der Waals surface area (Å²) in [6.45, 7) is 3.06. The third-order valence-corrected chi connectivity index (χ3v) is 4.96. The molecular formula is C22H19F3N4O4. The Hall–Kier alpha value is -4.02. The quantitative estimate of drug-likeness (QED) is 0.730. The normalized spacial score (nSPS) is 15.8. The van der Waals surface area contributed by atoms with Crippen molar-refractivity contribution in [3.8, 4) is 5.75 Å². The molecule has 0 atom stereocenters. The zero-order valence-electron chi connectivity index (χ0n) is 17.4. The van der Waals surface area contributed by atoms with Crippen molar-refractivity contribution in [2.45, 2.75) is 19.8 Å². The molecule has 8 nitrogen and oxygen atoms in total. The summed E-state index contributed by atoms with van der Waals surface area (Å²) in [5.74, 6) is -1.32. The van der Waals surface area contributed by atoms with Crippen molar-refractivity contribution < 1.29 is 32.2 Å². The highest BCUT2D eigenvalue weighted by atomic mass is 19.4. The number of amides is 3. The number of nitrogens with one attached hydrogen (secondary N) is 1. The zero-order valence-corrected chi connectivity index (χ0v) is 17.4. The molecule has 0 saturated carbocycles. The van der Waals surface area contributed by atoms with Gasteiger partial charge in [-0.2, -0.15) is 0 Å². The van der Waals surface area contributed by atoms with E-state index >= 15 is 0 Å². The number of alkyl halides is 3. The van der Waals surface area contributed by atoms with Crippen molar-refractivity contribution in [3.63, 3.8) is 0 Å². The molecule has 0 saturated heterocycles. The van der Waals surface area contributed by atoms with Crippen LogP contribution in [0.25, 0.3) is 0 Å². The first-order valence-electron chi connectivity index (χ1n) is 9.93. The summed E-state index contributed by atoms with van der Waals surface area (Å²) in [7, 11) is 0. The lowest BCUT2D eigenvalue weighted by molar-refractivity contribution is -0.274. The number of aryl methyl sites for hydroxylation is 1. The fourth-order valence-corrected chi connectivity index (χ4v) is 3.31. The van der Waals surface area contributed by atoms with Crippen LogP contribution in [0.15, 0.2) is 65.5 Å². The first-order chi connectivity index (χ1) is 15.7. The summed E-state index contributed by atoms with van der Waals surface area (Å²) in [5, 5.41) is 2.44. The van der Waals surface area contributed by atoms with Gasteiger partial charge in [0.25, 0.3) is 5.91 Å². The summed E-state index contributed by atoms with van der Waals surface area (Å²) in [6, 6.07) is 12.0. The molecule has 33 heavy (non-hydrogen) atoms. The Bertz CT molecular complexity index is 1150. The van der Waals surface area contributed by atoms with Gasteiger partial charge in [0.1, 0.15) is 5.75 Å². The van der Waals surface area contributed by atoms with Crippen molar-refractivity contribution in [2.75, 3.05) is 18.4 Å². The number of benzene rings is 2. The number of hydrogen-bond donors (Lipinski definition) is 1. The average molecular weight is 460 g/mol. The lowest BCUT2D eigenvalue weighted by Crippen LogP contribution is -2.32. The Kier molecular flexibility index (Phi) is 5.95. The number of rotatable bonds is 5. The molecule has 11 heteroatoms. The number of amidine groups is 1. The number of halogens is 3. The van der Waals surface area contributed by atoms with Crippen LogP contribution in [0.1, 0.15) is 11.1 Å². The molecule has 2 aliphatic rings. The number of ether oxygens (including phenoxy) is 2. The molecule has 2 aromatic rings. The van der Waals surface area contributed by atoms with Crippen molar-refractivity contribution in [3.05, 3.63) is 71.6 Å². The van der Waals surface area contributed by atoms with E-state index in [1.54, 1.807) is 4.90 Å². The molecule has 0 radical (unpaired) electrons. The smallest absolute Gasteiger partial charge is 0.418 e. The summed E-state index contributed by atoms with van der Waals surface area (Å²) in [4.78, 5) is 32.2. The first kappa shape index (κ1) is 22.2. The maximum absolute atomic E-state index is 12.6. The Labute approximate surface area is 186 Å². The van der Waals surface area contributed by atoms with Gasteiger partial charge in [0.05, 0.1) is 6.20 Å². The number of carbonyl (C=O) groups is 2. The molecule has 3 amide bonds. The summed E-state index contributed by atoms with van der Waals surface area (Å²) >= 11 is 0. The second kappa shape index (κ2) is 8.85. The molecule has 2 aliphatic heterocycles. The van der Waals surface area contributed by atoms with E-state index in [-0.39, 0.29) is 17.5 Å². The fourth-order valence-electron chi connectivity index (χ4n) is 3.31. The van der Waals surface area contributed by atoms with Gasteiger partial charge in [-0.25, -0.2) is 4.79 Å². The summed E-state index contributed by atoms with van der Waals surface area (Å²) in [6.07, 6.45) is -3.45. The largest absolute Gasteiger partial charge is 0.573 e. The van der Waals surface area contributed by atoms with Crippen LogP contribution in [0.3, 0.4) is 0 Å². The van der Waals surface area contributed by atoms with Gasteiger partial charge in [-0.3, -0.25) is 9.69 Å². The van der Waals surface area contributed by atoms with E-state index < -0.39 is 24.1 Å². The van der Waals surface area contributed by atoms with Crippen LogP contribution in [-0.4, -0.2) is 47.2 Å².